The topological polar surface area (TPSA) is 84.7 Å². The molecule has 1 aromatic carbocycles. The lowest BCUT2D eigenvalue weighted by atomic mass is 10.3. The number of benzene rings is 1. The highest BCUT2D eigenvalue weighted by Gasteiger charge is 2.27. The first-order valence-corrected chi connectivity index (χ1v) is 10.8. The molecular weight excluding hydrogens is 406 g/mol. The molecule has 1 aromatic heterocycles. The Balaban J connectivity index is 2.49. The van der Waals surface area contributed by atoms with E-state index < -0.39 is 19.9 Å². The predicted octanol–water partition coefficient (Wildman–Crippen LogP) is 2.66. The van der Waals surface area contributed by atoms with E-state index in [1.54, 1.807) is 13.0 Å². The molecule has 0 radical (unpaired) electrons. The van der Waals surface area contributed by atoms with Crippen molar-refractivity contribution >= 4 is 35.8 Å². The summed E-state index contributed by atoms with van der Waals surface area (Å²) in [5.74, 6) is 0. The number of sulfonamides is 1. The third-order valence-corrected chi connectivity index (χ3v) is 7.27. The largest absolute Gasteiger partial charge is 0.472 e. The molecule has 0 aliphatic carbocycles. The molecule has 6 nitrogen and oxygen atoms in total. The zero-order valence-electron chi connectivity index (χ0n) is 12.6. The zero-order valence-corrected chi connectivity index (χ0v) is 15.8. The molecule has 0 fully saturated rings. The van der Waals surface area contributed by atoms with Crippen molar-refractivity contribution in [3.8, 4) is 0 Å². The summed E-state index contributed by atoms with van der Waals surface area (Å²) in [5.41, 5.74) is 0.714. The van der Waals surface area contributed by atoms with Gasteiger partial charge in [-0.05, 0) is 40.2 Å². The highest BCUT2D eigenvalue weighted by atomic mass is 79.9. The van der Waals surface area contributed by atoms with Crippen LogP contribution in [0.1, 0.15) is 12.5 Å². The second kappa shape index (κ2) is 6.76. The van der Waals surface area contributed by atoms with Crippen molar-refractivity contribution in [2.45, 2.75) is 23.3 Å². The van der Waals surface area contributed by atoms with Crippen molar-refractivity contribution in [3.05, 3.63) is 46.8 Å². The molecule has 1 heterocycles. The molecule has 0 unspecified atom stereocenters. The molecule has 2 rings (SSSR count). The van der Waals surface area contributed by atoms with Crippen molar-refractivity contribution < 1.29 is 21.3 Å². The second-order valence-corrected chi connectivity index (χ2v) is 9.70. The monoisotopic (exact) mass is 421 g/mol. The van der Waals surface area contributed by atoms with Crippen LogP contribution in [0.4, 0.5) is 0 Å². The standard InChI is InChI=1S/C14H16BrNO5S2/c1-3-16(9-11-6-7-21-10-11)23(19,20)14-8-12(22(2,17)18)4-5-13(14)15/h4-8,10H,3,9H2,1-2H3. The van der Waals surface area contributed by atoms with Crippen LogP contribution in [0.5, 0.6) is 0 Å². The second-order valence-electron chi connectivity index (χ2n) is 4.93. The van der Waals surface area contributed by atoms with Crippen LogP contribution in [0.25, 0.3) is 0 Å². The molecular formula is C14H16BrNO5S2. The molecule has 0 aliphatic rings. The summed E-state index contributed by atoms with van der Waals surface area (Å²) in [4.78, 5) is -0.121. The molecule has 0 saturated heterocycles. The molecule has 0 bridgehead atoms. The minimum absolute atomic E-state index is 0.0429. The molecule has 0 atom stereocenters. The molecule has 0 spiro atoms. The van der Waals surface area contributed by atoms with E-state index in [0.29, 0.717) is 10.0 Å². The Hall–Kier alpha value is -1.16. The SMILES string of the molecule is CCN(Cc1ccoc1)S(=O)(=O)c1cc(S(C)(=O)=O)ccc1Br. The summed E-state index contributed by atoms with van der Waals surface area (Å²) in [6.45, 7) is 2.10. The number of halogens is 1. The zero-order chi connectivity index (χ0) is 17.3. The molecule has 0 N–H and O–H groups in total. The van der Waals surface area contributed by atoms with Gasteiger partial charge in [0, 0.05) is 29.4 Å². The molecule has 0 saturated carbocycles. The van der Waals surface area contributed by atoms with Gasteiger partial charge in [0.2, 0.25) is 10.0 Å². The first kappa shape index (κ1) is 18.2. The first-order chi connectivity index (χ1) is 10.7. The minimum atomic E-state index is -3.86. The maximum atomic E-state index is 12.9. The van der Waals surface area contributed by atoms with Crippen LogP contribution in [-0.2, 0) is 26.4 Å². The van der Waals surface area contributed by atoms with Crippen LogP contribution in [0.2, 0.25) is 0 Å². The van der Waals surface area contributed by atoms with E-state index in [1.165, 1.54) is 35.0 Å². The van der Waals surface area contributed by atoms with E-state index in [2.05, 4.69) is 15.9 Å². The average Bonchev–Trinajstić information content (AvgIpc) is 2.96. The maximum absolute atomic E-state index is 12.9. The first-order valence-electron chi connectivity index (χ1n) is 6.67. The Morgan fingerprint density at radius 1 is 1.17 bits per heavy atom. The van der Waals surface area contributed by atoms with Crippen molar-refractivity contribution in [2.24, 2.45) is 0 Å². The Morgan fingerprint density at radius 3 is 2.39 bits per heavy atom. The Bertz CT molecular complexity index is 889. The van der Waals surface area contributed by atoms with Crippen molar-refractivity contribution in [3.63, 3.8) is 0 Å². The number of nitrogens with zero attached hydrogens (tertiary/aromatic N) is 1. The van der Waals surface area contributed by atoms with Gasteiger partial charge in [-0.15, -0.1) is 0 Å². The summed E-state index contributed by atoms with van der Waals surface area (Å²) in [7, 11) is -7.36. The highest BCUT2D eigenvalue weighted by molar-refractivity contribution is 9.10. The van der Waals surface area contributed by atoms with Crippen LogP contribution >= 0.6 is 15.9 Å². The summed E-state index contributed by atoms with van der Waals surface area (Å²) in [6.07, 6.45) is 3.98. The lowest BCUT2D eigenvalue weighted by Gasteiger charge is -2.21. The summed E-state index contributed by atoms with van der Waals surface area (Å²) in [5, 5.41) is 0. The van der Waals surface area contributed by atoms with Crippen LogP contribution in [-0.4, -0.2) is 33.9 Å². The van der Waals surface area contributed by atoms with E-state index in [-0.39, 0.29) is 22.9 Å². The van der Waals surface area contributed by atoms with Gasteiger partial charge in [0.15, 0.2) is 9.84 Å². The Kier molecular flexibility index (Phi) is 5.34. The van der Waals surface area contributed by atoms with Crippen LogP contribution < -0.4 is 0 Å². The maximum Gasteiger partial charge on any atom is 0.244 e. The van der Waals surface area contributed by atoms with Gasteiger partial charge in [0.25, 0.3) is 0 Å². The number of hydrogen-bond acceptors (Lipinski definition) is 5. The van der Waals surface area contributed by atoms with Crippen molar-refractivity contribution in [2.75, 3.05) is 12.8 Å². The smallest absolute Gasteiger partial charge is 0.244 e. The third-order valence-electron chi connectivity index (χ3n) is 3.24. The Labute approximate surface area is 144 Å². The molecule has 0 amide bonds. The average molecular weight is 422 g/mol. The van der Waals surface area contributed by atoms with Gasteiger partial charge in [-0.25, -0.2) is 16.8 Å². The fourth-order valence-electron chi connectivity index (χ4n) is 2.00. The lowest BCUT2D eigenvalue weighted by molar-refractivity contribution is 0.420. The minimum Gasteiger partial charge on any atom is -0.472 e. The molecule has 9 heteroatoms. The molecule has 23 heavy (non-hydrogen) atoms. The van der Waals surface area contributed by atoms with Gasteiger partial charge >= 0.3 is 0 Å². The molecule has 126 valence electrons. The van der Waals surface area contributed by atoms with Crippen LogP contribution in [0.15, 0.2) is 55.5 Å². The van der Waals surface area contributed by atoms with Crippen molar-refractivity contribution in [1.29, 1.82) is 0 Å². The van der Waals surface area contributed by atoms with Gasteiger partial charge in [-0.1, -0.05) is 6.92 Å². The summed E-state index contributed by atoms with van der Waals surface area (Å²) < 4.78 is 55.6. The van der Waals surface area contributed by atoms with E-state index in [4.69, 9.17) is 4.42 Å². The van der Waals surface area contributed by atoms with Gasteiger partial charge in [-0.2, -0.15) is 4.31 Å². The fourth-order valence-corrected chi connectivity index (χ4v) is 5.11. The normalized spacial score (nSPS) is 12.7. The van der Waals surface area contributed by atoms with Crippen molar-refractivity contribution in [1.82, 2.24) is 4.31 Å². The number of rotatable bonds is 6. The van der Waals surface area contributed by atoms with Gasteiger partial charge < -0.3 is 4.42 Å². The van der Waals surface area contributed by atoms with E-state index >= 15 is 0 Å². The number of hydrogen-bond donors (Lipinski definition) is 0. The Morgan fingerprint density at radius 2 is 1.87 bits per heavy atom. The number of furan rings is 1. The quantitative estimate of drug-likeness (QED) is 0.715. The van der Waals surface area contributed by atoms with E-state index in [1.807, 2.05) is 0 Å². The van der Waals surface area contributed by atoms with Gasteiger partial charge in [-0.3, -0.25) is 0 Å². The van der Waals surface area contributed by atoms with E-state index in [9.17, 15) is 16.8 Å². The van der Waals surface area contributed by atoms with E-state index in [0.717, 1.165) is 6.26 Å². The van der Waals surface area contributed by atoms with Gasteiger partial charge in [0.1, 0.15) is 0 Å². The highest BCUT2D eigenvalue weighted by Crippen LogP contribution is 2.28. The summed E-state index contributed by atoms with van der Waals surface area (Å²) in [6, 6.07) is 5.65. The summed E-state index contributed by atoms with van der Waals surface area (Å²) >= 11 is 3.19. The third kappa shape index (κ3) is 4.03. The predicted molar refractivity (Wildman–Crippen MR) is 89.2 cm³/mol. The lowest BCUT2D eigenvalue weighted by Crippen LogP contribution is -2.30. The number of sulfone groups is 1. The molecule has 2 aromatic rings. The van der Waals surface area contributed by atoms with Gasteiger partial charge in [0.05, 0.1) is 22.3 Å². The van der Waals surface area contributed by atoms with Crippen LogP contribution in [0, 0.1) is 0 Å². The molecule has 0 aliphatic heterocycles. The fraction of sp³-hybridized carbons (Fsp3) is 0.286. The van der Waals surface area contributed by atoms with Crippen LogP contribution in [0.3, 0.4) is 0 Å².